The molecule has 3 aliphatic heterocycles. The van der Waals surface area contributed by atoms with E-state index in [4.69, 9.17) is 28.4 Å². The molecule has 0 bridgehead atoms. The van der Waals surface area contributed by atoms with E-state index < -0.39 is 35.7 Å². The minimum absolute atomic E-state index is 0.170. The van der Waals surface area contributed by atoms with Gasteiger partial charge in [-0.1, -0.05) is 12.1 Å². The molecule has 3 heterocycles. The van der Waals surface area contributed by atoms with Crippen molar-refractivity contribution >= 4 is 23.7 Å². The van der Waals surface area contributed by atoms with Crippen LogP contribution < -0.4 is 14.8 Å². The number of nitrogens with zero attached hydrogens (tertiary/aromatic N) is 1. The Labute approximate surface area is 269 Å². The average molecular weight is 635 g/mol. The maximum atomic E-state index is 14.1. The van der Waals surface area contributed by atoms with Gasteiger partial charge in [0, 0.05) is 12.2 Å². The van der Waals surface area contributed by atoms with E-state index in [1.165, 1.54) is 7.11 Å². The highest BCUT2D eigenvalue weighted by Crippen LogP contribution is 2.55. The Balaban J connectivity index is 1.29. The molecule has 1 N–H and O–H groups in total. The van der Waals surface area contributed by atoms with Gasteiger partial charge < -0.3 is 28.4 Å². The minimum atomic E-state index is -0.847. The smallest absolute Gasteiger partial charge is 0.412 e. The number of methoxy groups -OCH3 is 2. The number of anilines is 1. The van der Waals surface area contributed by atoms with Gasteiger partial charge in [0.25, 0.3) is 0 Å². The summed E-state index contributed by atoms with van der Waals surface area (Å²) in [5, 5.41) is 2.73. The number of rotatable bonds is 8. The highest BCUT2D eigenvalue weighted by molar-refractivity contribution is 5.85. The molecule has 11 heteroatoms. The molecular weight excluding hydrogens is 592 g/mol. The van der Waals surface area contributed by atoms with Crippen molar-refractivity contribution < 1.29 is 42.8 Å². The fourth-order valence-electron chi connectivity index (χ4n) is 7.32. The summed E-state index contributed by atoms with van der Waals surface area (Å²) in [6.45, 7) is 7.32. The topological polar surface area (TPSA) is 122 Å². The van der Waals surface area contributed by atoms with Crippen molar-refractivity contribution in [2.75, 3.05) is 39.4 Å². The molecule has 1 fully saturated rings. The van der Waals surface area contributed by atoms with E-state index in [1.54, 1.807) is 46.1 Å². The maximum Gasteiger partial charge on any atom is 0.412 e. The van der Waals surface area contributed by atoms with Gasteiger partial charge in [-0.25, -0.2) is 4.79 Å². The van der Waals surface area contributed by atoms with Gasteiger partial charge >= 0.3 is 18.0 Å². The third-order valence-corrected chi connectivity index (χ3v) is 9.24. The lowest BCUT2D eigenvalue weighted by atomic mass is 9.77. The highest BCUT2D eigenvalue weighted by atomic mass is 16.7. The van der Waals surface area contributed by atoms with Crippen molar-refractivity contribution in [2.24, 2.45) is 5.92 Å². The van der Waals surface area contributed by atoms with Gasteiger partial charge in [-0.05, 0) is 100 Å². The van der Waals surface area contributed by atoms with Gasteiger partial charge in [0.2, 0.25) is 6.79 Å². The van der Waals surface area contributed by atoms with Crippen LogP contribution in [0.15, 0.2) is 48.2 Å². The van der Waals surface area contributed by atoms with Crippen LogP contribution >= 0.6 is 0 Å². The predicted octanol–water partition coefficient (Wildman–Crippen LogP) is 5.11. The summed E-state index contributed by atoms with van der Waals surface area (Å²) in [7, 11) is 2.90. The first-order chi connectivity index (χ1) is 22.0. The van der Waals surface area contributed by atoms with E-state index in [1.807, 2.05) is 12.1 Å². The van der Waals surface area contributed by atoms with Gasteiger partial charge in [0.05, 0.1) is 38.0 Å². The molecular formula is C35H42N2O9. The quantitative estimate of drug-likeness (QED) is 0.310. The Hall–Kier alpha value is -4.25. The Morgan fingerprint density at radius 3 is 2.61 bits per heavy atom. The first kappa shape index (κ1) is 31.7. The van der Waals surface area contributed by atoms with Gasteiger partial charge in [0.15, 0.2) is 17.6 Å². The van der Waals surface area contributed by atoms with Gasteiger partial charge in [-0.3, -0.25) is 19.8 Å². The molecule has 1 amide bonds. The Morgan fingerprint density at radius 1 is 1.09 bits per heavy atom. The Kier molecular flexibility index (Phi) is 8.62. The molecule has 0 saturated carbocycles. The molecule has 0 aromatic heterocycles. The molecule has 1 saturated heterocycles. The summed E-state index contributed by atoms with van der Waals surface area (Å²) in [4.78, 5) is 41.5. The van der Waals surface area contributed by atoms with E-state index >= 15 is 0 Å². The van der Waals surface area contributed by atoms with Crippen LogP contribution in [0.5, 0.6) is 11.5 Å². The summed E-state index contributed by atoms with van der Waals surface area (Å²) in [6, 6.07) is 11.2. The highest BCUT2D eigenvalue weighted by Gasteiger charge is 2.58. The molecule has 2 aromatic carbocycles. The number of carbonyl (C=O) groups is 3. The fourth-order valence-corrected chi connectivity index (χ4v) is 7.32. The summed E-state index contributed by atoms with van der Waals surface area (Å²) in [5.74, 6) is -0.137. The summed E-state index contributed by atoms with van der Waals surface area (Å²) >= 11 is 0. The zero-order valence-corrected chi connectivity index (χ0v) is 27.1. The molecule has 4 aliphatic rings. The molecule has 1 aliphatic carbocycles. The molecule has 1 spiro atoms. The number of carbonyl (C=O) groups excluding carboxylic acids is 3. The number of ether oxygens (including phenoxy) is 6. The number of amides is 1. The third-order valence-electron chi connectivity index (χ3n) is 9.24. The zero-order valence-electron chi connectivity index (χ0n) is 27.1. The van der Waals surface area contributed by atoms with E-state index in [0.717, 1.165) is 54.8 Å². The van der Waals surface area contributed by atoms with Crippen LogP contribution in [0.1, 0.15) is 62.6 Å². The van der Waals surface area contributed by atoms with E-state index in [0.29, 0.717) is 17.2 Å². The number of benzene rings is 2. The summed E-state index contributed by atoms with van der Waals surface area (Å²) in [6.07, 6.45) is 3.61. The Bertz CT molecular complexity index is 1550. The largest absolute Gasteiger partial charge is 0.497 e. The predicted molar refractivity (Wildman–Crippen MR) is 168 cm³/mol. The number of fused-ring (bicyclic) bond motifs is 3. The maximum absolute atomic E-state index is 14.1. The number of hydrogen-bond donors (Lipinski definition) is 1. The van der Waals surface area contributed by atoms with Crippen molar-refractivity contribution in [1.82, 2.24) is 4.90 Å². The van der Waals surface area contributed by atoms with Crippen LogP contribution in [0.25, 0.3) is 0 Å². The normalized spacial score (nSPS) is 23.6. The van der Waals surface area contributed by atoms with Crippen LogP contribution in [0, 0.1) is 5.92 Å². The minimum Gasteiger partial charge on any atom is -0.497 e. The lowest BCUT2D eigenvalue weighted by Gasteiger charge is -2.39. The van der Waals surface area contributed by atoms with Gasteiger partial charge in [-0.15, -0.1) is 0 Å². The number of esters is 2. The van der Waals surface area contributed by atoms with E-state index in [-0.39, 0.29) is 31.1 Å². The molecule has 6 rings (SSSR count). The number of nitrogens with one attached hydrogen (secondary N) is 1. The molecule has 0 unspecified atom stereocenters. The molecule has 246 valence electrons. The van der Waals surface area contributed by atoms with Gasteiger partial charge in [-0.2, -0.15) is 0 Å². The first-order valence-corrected chi connectivity index (χ1v) is 15.8. The first-order valence-electron chi connectivity index (χ1n) is 15.8. The molecule has 11 nitrogen and oxygen atoms in total. The van der Waals surface area contributed by atoms with Crippen LogP contribution in [-0.2, 0) is 41.4 Å². The second-order valence-corrected chi connectivity index (χ2v) is 13.3. The van der Waals surface area contributed by atoms with E-state index in [2.05, 4.69) is 22.4 Å². The zero-order chi connectivity index (χ0) is 32.6. The molecule has 4 atom stereocenters. The summed E-state index contributed by atoms with van der Waals surface area (Å²) < 4.78 is 34.1. The lowest BCUT2D eigenvalue weighted by Crippen LogP contribution is -2.47. The summed E-state index contributed by atoms with van der Waals surface area (Å²) in [5.41, 5.74) is 2.40. The Morgan fingerprint density at radius 2 is 1.87 bits per heavy atom. The monoisotopic (exact) mass is 634 g/mol. The molecule has 46 heavy (non-hydrogen) atoms. The SMILES string of the molecule is COC(=O)C[C@H](Cc1cccc(NC(=O)OC(C)(C)C)c1)C(=O)O[C@@H]1C(OC)=C[C@]23CCCN2CCc2cc4c(cc2[C@H]13)OCO4. The molecule has 0 radical (unpaired) electrons. The van der Waals surface area contributed by atoms with Crippen molar-refractivity contribution in [3.63, 3.8) is 0 Å². The number of hydrogen-bond acceptors (Lipinski definition) is 10. The second kappa shape index (κ2) is 12.5. The van der Waals surface area contributed by atoms with Crippen LogP contribution in [-0.4, -0.2) is 74.3 Å². The fraction of sp³-hybridized carbons (Fsp3) is 0.514. The second-order valence-electron chi connectivity index (χ2n) is 13.3. The van der Waals surface area contributed by atoms with Crippen molar-refractivity contribution in [1.29, 1.82) is 0 Å². The van der Waals surface area contributed by atoms with Crippen LogP contribution in [0.4, 0.5) is 10.5 Å². The van der Waals surface area contributed by atoms with Crippen molar-refractivity contribution in [3.05, 3.63) is 64.9 Å². The van der Waals surface area contributed by atoms with Gasteiger partial charge in [0.1, 0.15) is 11.4 Å². The van der Waals surface area contributed by atoms with Crippen molar-refractivity contribution in [3.8, 4) is 11.5 Å². The third kappa shape index (κ3) is 6.25. The van der Waals surface area contributed by atoms with Crippen molar-refractivity contribution in [2.45, 2.75) is 76.0 Å². The van der Waals surface area contributed by atoms with Crippen LogP contribution in [0.3, 0.4) is 0 Å². The average Bonchev–Trinajstić information content (AvgIpc) is 3.69. The molecule has 2 aromatic rings. The van der Waals surface area contributed by atoms with Crippen LogP contribution in [0.2, 0.25) is 0 Å². The lowest BCUT2D eigenvalue weighted by molar-refractivity contribution is -0.159. The van der Waals surface area contributed by atoms with E-state index in [9.17, 15) is 14.4 Å². The standard InChI is InChI=1S/C35H42N2O9/c1-34(2,3)46-33(40)36-24-9-6-8-21(15-24)14-23(17-29(38)42-5)32(39)45-31-28(41-4)19-35-11-7-12-37(35)13-10-22-16-26-27(44-20-43-26)18-25(22)30(31)35/h6,8-9,15-16,18-19,23,30-31H,7,10-14,17,20H2,1-5H3,(H,36,40)/t23-,30+,31+,35-/m0/s1.